The Morgan fingerprint density at radius 3 is 0.982 bits per heavy atom. The van der Waals surface area contributed by atoms with Crippen LogP contribution in [0.25, 0.3) is 10.8 Å². The Morgan fingerprint density at radius 2 is 0.696 bits per heavy atom. The Kier molecular flexibility index (Phi) is 20.6. The lowest BCUT2D eigenvalue weighted by Gasteiger charge is -2.33. The third-order valence-corrected chi connectivity index (χ3v) is 13.8. The maximum atomic E-state index is 14.1. The molecule has 0 aliphatic carbocycles. The number of nitrogens with zero attached hydrogens (tertiary/aromatic N) is 2. The van der Waals surface area contributed by atoms with E-state index in [4.69, 9.17) is 0 Å². The van der Waals surface area contributed by atoms with Gasteiger partial charge < -0.3 is 0 Å². The van der Waals surface area contributed by atoms with Gasteiger partial charge in [0.2, 0.25) is 0 Å². The number of carbonyl (C=O) groups is 4. The van der Waals surface area contributed by atoms with Gasteiger partial charge in [-0.1, -0.05) is 182 Å². The highest BCUT2D eigenvalue weighted by atomic mass is 79.9. The third kappa shape index (κ3) is 12.5. The Labute approximate surface area is 356 Å². The molecule has 0 saturated carbocycles. The van der Waals surface area contributed by atoms with E-state index in [1.807, 2.05) is 0 Å². The van der Waals surface area contributed by atoms with Crippen molar-refractivity contribution >= 4 is 66.3 Å². The number of rotatable bonds is 30. The standard InChI is InChI=1S/C48H72Br2N2O4/c1-5-9-13-17-25-35(26-18-14-10-6-2)29-21-23-31-51-45(53)37-33-40(50)44-42-38(34-39(49)43(41(37)42)47(51)55)46(54)52(48(44)56)32-24-22-30-36(27-19-15-11-7-3)28-20-16-12-8-4/h33-36H,5-32H2,1-4H3. The Hall–Kier alpha value is -2.06. The van der Waals surface area contributed by atoms with Crippen LogP contribution in [0.5, 0.6) is 0 Å². The number of imide groups is 2. The van der Waals surface area contributed by atoms with Crippen LogP contribution < -0.4 is 0 Å². The third-order valence-electron chi connectivity index (χ3n) is 12.5. The van der Waals surface area contributed by atoms with Crippen molar-refractivity contribution in [1.82, 2.24) is 9.80 Å². The molecule has 4 rings (SSSR count). The first-order chi connectivity index (χ1) is 27.2. The van der Waals surface area contributed by atoms with Gasteiger partial charge in [0.25, 0.3) is 23.6 Å². The van der Waals surface area contributed by atoms with E-state index in [-0.39, 0.29) is 23.6 Å². The van der Waals surface area contributed by atoms with Crippen molar-refractivity contribution < 1.29 is 19.2 Å². The van der Waals surface area contributed by atoms with Crippen LogP contribution in [0.3, 0.4) is 0 Å². The zero-order chi connectivity index (χ0) is 40.5. The van der Waals surface area contributed by atoms with Crippen molar-refractivity contribution in [3.05, 3.63) is 43.3 Å². The molecule has 0 atom stereocenters. The number of unbranched alkanes of at least 4 members (excludes halogenated alkanes) is 14. The second-order valence-electron chi connectivity index (χ2n) is 17.0. The second kappa shape index (κ2) is 24.8. The fraction of sp³-hybridized carbons (Fsp3) is 0.708. The minimum absolute atomic E-state index is 0.351. The molecular formula is C48H72Br2N2O4. The van der Waals surface area contributed by atoms with Gasteiger partial charge in [0.05, 0.1) is 11.1 Å². The van der Waals surface area contributed by atoms with E-state index in [0.29, 0.717) is 66.9 Å². The molecule has 0 aromatic heterocycles. The summed E-state index contributed by atoms with van der Waals surface area (Å²) in [7, 11) is 0. The molecule has 0 saturated heterocycles. The van der Waals surface area contributed by atoms with Crippen molar-refractivity contribution in [2.24, 2.45) is 11.8 Å². The second-order valence-corrected chi connectivity index (χ2v) is 18.7. The van der Waals surface area contributed by atoms with Crippen molar-refractivity contribution in [2.45, 2.75) is 195 Å². The van der Waals surface area contributed by atoms with E-state index < -0.39 is 0 Å². The fourth-order valence-electron chi connectivity index (χ4n) is 9.19. The van der Waals surface area contributed by atoms with Gasteiger partial charge in [-0.3, -0.25) is 29.0 Å². The van der Waals surface area contributed by atoms with Gasteiger partial charge in [-0.25, -0.2) is 0 Å². The highest BCUT2D eigenvalue weighted by molar-refractivity contribution is 9.10. The van der Waals surface area contributed by atoms with Gasteiger partial charge in [-0.15, -0.1) is 0 Å². The van der Waals surface area contributed by atoms with Gasteiger partial charge in [0.1, 0.15) is 0 Å². The number of halogens is 2. The zero-order valence-corrected chi connectivity index (χ0v) is 38.6. The average molecular weight is 901 g/mol. The molecule has 0 unspecified atom stereocenters. The van der Waals surface area contributed by atoms with Crippen LogP contribution >= 0.6 is 31.9 Å². The fourth-order valence-corrected chi connectivity index (χ4v) is 10.4. The largest absolute Gasteiger partial charge is 0.274 e. The van der Waals surface area contributed by atoms with E-state index in [0.717, 1.165) is 38.5 Å². The van der Waals surface area contributed by atoms with E-state index in [9.17, 15) is 19.2 Å². The highest BCUT2D eigenvalue weighted by Crippen LogP contribution is 2.44. The average Bonchev–Trinajstić information content (AvgIpc) is 3.18. The summed E-state index contributed by atoms with van der Waals surface area (Å²) >= 11 is 7.28. The van der Waals surface area contributed by atoms with Crippen molar-refractivity contribution in [2.75, 3.05) is 13.1 Å². The van der Waals surface area contributed by atoms with E-state index in [1.165, 1.54) is 138 Å². The molecule has 2 heterocycles. The van der Waals surface area contributed by atoms with Crippen LogP contribution in [0.15, 0.2) is 21.1 Å². The smallest absolute Gasteiger partial charge is 0.262 e. The van der Waals surface area contributed by atoms with Crippen LogP contribution in [-0.2, 0) is 0 Å². The first kappa shape index (κ1) is 46.6. The molecule has 0 radical (unpaired) electrons. The summed E-state index contributed by atoms with van der Waals surface area (Å²) in [5.41, 5.74) is 1.48. The summed E-state index contributed by atoms with van der Waals surface area (Å²) in [6.07, 6.45) is 31.3. The maximum absolute atomic E-state index is 14.1. The van der Waals surface area contributed by atoms with Crippen molar-refractivity contribution in [3.8, 4) is 0 Å². The van der Waals surface area contributed by atoms with E-state index in [1.54, 1.807) is 12.1 Å². The SMILES string of the molecule is CCCCCCC(CCCCCC)CCCCN1C(=O)c2cc(Br)c3c4c(cc(Br)c(c24)C1=O)C(=O)N(CCCCC(CCCCCC)CCCCCC)C3=O. The molecule has 0 N–H and O–H groups in total. The molecule has 0 fully saturated rings. The van der Waals surface area contributed by atoms with Crippen molar-refractivity contribution in [1.29, 1.82) is 0 Å². The number of hydrogen-bond donors (Lipinski definition) is 0. The quantitative estimate of drug-likeness (QED) is 0.0578. The predicted octanol–water partition coefficient (Wildman–Crippen LogP) is 15.0. The zero-order valence-electron chi connectivity index (χ0n) is 35.4. The lowest BCUT2D eigenvalue weighted by atomic mass is 9.85. The molecule has 312 valence electrons. The molecule has 2 aromatic rings. The summed E-state index contributed by atoms with van der Waals surface area (Å²) < 4.78 is 0.987. The topological polar surface area (TPSA) is 74.8 Å². The van der Waals surface area contributed by atoms with Gasteiger partial charge in [0.15, 0.2) is 0 Å². The minimum Gasteiger partial charge on any atom is -0.274 e. The number of amides is 4. The van der Waals surface area contributed by atoms with Crippen LogP contribution in [-0.4, -0.2) is 46.5 Å². The van der Waals surface area contributed by atoms with Crippen LogP contribution in [0.4, 0.5) is 0 Å². The Bertz CT molecular complexity index is 1460. The molecule has 6 nitrogen and oxygen atoms in total. The predicted molar refractivity (Wildman–Crippen MR) is 240 cm³/mol. The Balaban J connectivity index is 1.43. The molecule has 56 heavy (non-hydrogen) atoms. The number of carbonyl (C=O) groups excluding carboxylic acids is 4. The van der Waals surface area contributed by atoms with Crippen LogP contribution in [0.1, 0.15) is 236 Å². The molecular weight excluding hydrogens is 828 g/mol. The first-order valence-electron chi connectivity index (χ1n) is 22.9. The van der Waals surface area contributed by atoms with Gasteiger partial charge in [-0.2, -0.15) is 0 Å². The first-order valence-corrected chi connectivity index (χ1v) is 24.5. The van der Waals surface area contributed by atoms with Crippen molar-refractivity contribution in [3.63, 3.8) is 0 Å². The van der Waals surface area contributed by atoms with Gasteiger partial charge >= 0.3 is 0 Å². The lowest BCUT2D eigenvalue weighted by molar-refractivity contribution is 0.0584. The summed E-state index contributed by atoms with van der Waals surface area (Å²) in [6, 6.07) is 3.41. The molecule has 4 amide bonds. The Morgan fingerprint density at radius 1 is 0.411 bits per heavy atom. The van der Waals surface area contributed by atoms with Crippen LogP contribution in [0, 0.1) is 11.8 Å². The summed E-state index contributed by atoms with van der Waals surface area (Å²) in [5.74, 6) is -0.0138. The molecule has 2 aliphatic heterocycles. The summed E-state index contributed by atoms with van der Waals surface area (Å²) in [4.78, 5) is 59.2. The number of hydrogen-bond acceptors (Lipinski definition) is 4. The molecule has 8 heteroatoms. The minimum atomic E-state index is -0.355. The normalized spacial score (nSPS) is 14.1. The summed E-state index contributed by atoms with van der Waals surface area (Å²) in [5, 5.41) is 0.849. The van der Waals surface area contributed by atoms with E-state index in [2.05, 4.69) is 59.6 Å². The number of benzene rings is 2. The molecule has 0 spiro atoms. The lowest BCUT2D eigenvalue weighted by Crippen LogP contribution is -2.44. The maximum Gasteiger partial charge on any atom is 0.262 e. The van der Waals surface area contributed by atoms with Gasteiger partial charge in [0, 0.05) is 43.9 Å². The molecule has 2 aromatic carbocycles. The monoisotopic (exact) mass is 898 g/mol. The highest BCUT2D eigenvalue weighted by Gasteiger charge is 2.42. The summed E-state index contributed by atoms with van der Waals surface area (Å²) in [6.45, 7) is 9.73. The van der Waals surface area contributed by atoms with Gasteiger partial charge in [-0.05, 0) is 68.7 Å². The van der Waals surface area contributed by atoms with E-state index >= 15 is 0 Å². The van der Waals surface area contributed by atoms with Crippen LogP contribution in [0.2, 0.25) is 0 Å². The molecule has 2 aliphatic rings. The molecule has 0 bridgehead atoms.